The van der Waals surface area contributed by atoms with E-state index in [1.54, 1.807) is 11.1 Å². The molecular formula is C15H17FN4O. The Balaban J connectivity index is 1.59. The minimum absolute atomic E-state index is 0.0975. The summed E-state index contributed by atoms with van der Waals surface area (Å²) >= 11 is 0. The predicted octanol–water partition coefficient (Wildman–Crippen LogP) is 1.75. The van der Waals surface area contributed by atoms with E-state index in [9.17, 15) is 9.18 Å². The molecule has 2 aromatic heterocycles. The first kappa shape index (κ1) is 13.7. The van der Waals surface area contributed by atoms with Gasteiger partial charge in [0.15, 0.2) is 5.82 Å². The highest BCUT2D eigenvalue weighted by Crippen LogP contribution is 2.21. The van der Waals surface area contributed by atoms with Crippen molar-refractivity contribution >= 4 is 5.91 Å². The van der Waals surface area contributed by atoms with Crippen molar-refractivity contribution < 1.29 is 9.18 Å². The fourth-order valence-corrected chi connectivity index (χ4v) is 2.67. The molecular weight excluding hydrogens is 271 g/mol. The van der Waals surface area contributed by atoms with Crippen molar-refractivity contribution in [1.29, 1.82) is 0 Å². The van der Waals surface area contributed by atoms with Crippen LogP contribution in [0.1, 0.15) is 23.1 Å². The van der Waals surface area contributed by atoms with E-state index in [1.165, 1.54) is 12.3 Å². The van der Waals surface area contributed by atoms with Crippen LogP contribution >= 0.6 is 0 Å². The smallest absolute Gasteiger partial charge is 0.256 e. The Bertz CT molecular complexity index is 649. The van der Waals surface area contributed by atoms with Crippen LogP contribution in [-0.4, -0.2) is 38.4 Å². The molecule has 3 rings (SSSR count). The second-order valence-corrected chi connectivity index (χ2v) is 5.28. The normalized spacial score (nSPS) is 15.0. The first-order valence-electron chi connectivity index (χ1n) is 7.07. The highest BCUT2D eigenvalue weighted by Gasteiger charge is 2.32. The number of rotatable bonds is 4. The summed E-state index contributed by atoms with van der Waals surface area (Å²) in [7, 11) is 0. The van der Waals surface area contributed by atoms with Crippen LogP contribution in [-0.2, 0) is 13.0 Å². The summed E-state index contributed by atoms with van der Waals surface area (Å²) in [6.07, 6.45) is 7.17. The quantitative estimate of drug-likeness (QED) is 0.861. The van der Waals surface area contributed by atoms with Crippen molar-refractivity contribution in [2.75, 3.05) is 13.1 Å². The monoisotopic (exact) mass is 288 g/mol. The second kappa shape index (κ2) is 5.63. The van der Waals surface area contributed by atoms with E-state index in [1.807, 2.05) is 6.20 Å². The van der Waals surface area contributed by atoms with E-state index in [4.69, 9.17) is 0 Å². The van der Waals surface area contributed by atoms with Crippen LogP contribution in [0, 0.1) is 11.7 Å². The van der Waals surface area contributed by atoms with Crippen molar-refractivity contribution in [3.63, 3.8) is 0 Å². The van der Waals surface area contributed by atoms with Crippen LogP contribution in [0.3, 0.4) is 0 Å². The molecule has 1 fully saturated rings. The summed E-state index contributed by atoms with van der Waals surface area (Å²) in [5.41, 5.74) is 0.0975. The molecule has 0 aromatic carbocycles. The number of amides is 1. The summed E-state index contributed by atoms with van der Waals surface area (Å²) in [5, 5.41) is 0. The lowest BCUT2D eigenvalue weighted by molar-refractivity contribution is 0.0462. The topological polar surface area (TPSA) is 51.0 Å². The molecule has 0 atom stereocenters. The standard InChI is InChI=1S/C15H17FN4O/c1-2-14-18-5-6-19(14)8-11-9-20(10-11)15(21)12-3-4-17-7-13(12)16/h3-7,11H,2,8-10H2,1H3. The molecule has 6 heteroatoms. The zero-order chi connectivity index (χ0) is 14.8. The second-order valence-electron chi connectivity index (χ2n) is 5.28. The number of imidazole rings is 1. The van der Waals surface area contributed by atoms with Crippen molar-refractivity contribution in [1.82, 2.24) is 19.4 Å². The molecule has 1 aliphatic heterocycles. The van der Waals surface area contributed by atoms with Crippen molar-refractivity contribution in [2.24, 2.45) is 5.92 Å². The van der Waals surface area contributed by atoms with Crippen LogP contribution < -0.4 is 0 Å². The van der Waals surface area contributed by atoms with Crippen LogP contribution in [0.2, 0.25) is 0 Å². The maximum atomic E-state index is 13.5. The molecule has 0 N–H and O–H groups in total. The average Bonchev–Trinajstić information content (AvgIpc) is 2.89. The first-order chi connectivity index (χ1) is 10.2. The Morgan fingerprint density at radius 2 is 2.24 bits per heavy atom. The fraction of sp³-hybridized carbons (Fsp3) is 0.400. The fourth-order valence-electron chi connectivity index (χ4n) is 2.67. The van der Waals surface area contributed by atoms with Gasteiger partial charge in [-0.1, -0.05) is 6.92 Å². The molecule has 0 aliphatic carbocycles. The van der Waals surface area contributed by atoms with Crippen LogP contribution in [0.4, 0.5) is 4.39 Å². The van der Waals surface area contributed by atoms with Gasteiger partial charge < -0.3 is 9.47 Å². The lowest BCUT2D eigenvalue weighted by Gasteiger charge is -2.39. The highest BCUT2D eigenvalue weighted by atomic mass is 19.1. The number of halogens is 1. The van der Waals surface area contributed by atoms with E-state index < -0.39 is 5.82 Å². The average molecular weight is 288 g/mol. The molecule has 1 amide bonds. The number of carbonyl (C=O) groups excluding carboxylic acids is 1. The van der Waals surface area contributed by atoms with E-state index in [0.717, 1.165) is 25.0 Å². The van der Waals surface area contributed by atoms with Gasteiger partial charge in [0.25, 0.3) is 5.91 Å². The third-order valence-electron chi connectivity index (χ3n) is 3.82. The van der Waals surface area contributed by atoms with Gasteiger partial charge in [-0.05, 0) is 6.07 Å². The number of carbonyl (C=O) groups is 1. The molecule has 0 radical (unpaired) electrons. The number of likely N-dealkylation sites (tertiary alicyclic amines) is 1. The van der Waals surface area contributed by atoms with E-state index in [-0.39, 0.29) is 11.5 Å². The van der Waals surface area contributed by atoms with Gasteiger partial charge in [0.2, 0.25) is 0 Å². The Morgan fingerprint density at radius 1 is 1.43 bits per heavy atom. The van der Waals surface area contributed by atoms with Crippen LogP contribution in [0.25, 0.3) is 0 Å². The highest BCUT2D eigenvalue weighted by molar-refractivity contribution is 5.94. The van der Waals surface area contributed by atoms with Gasteiger partial charge >= 0.3 is 0 Å². The Labute approximate surface area is 122 Å². The molecule has 0 unspecified atom stereocenters. The van der Waals surface area contributed by atoms with E-state index >= 15 is 0 Å². The van der Waals surface area contributed by atoms with Crippen LogP contribution in [0.15, 0.2) is 30.9 Å². The minimum atomic E-state index is -0.561. The summed E-state index contributed by atoms with van der Waals surface area (Å²) in [4.78, 5) is 21.8. The Morgan fingerprint density at radius 3 is 2.95 bits per heavy atom. The molecule has 1 aliphatic rings. The van der Waals surface area contributed by atoms with Crippen LogP contribution in [0.5, 0.6) is 0 Å². The number of nitrogens with zero attached hydrogens (tertiary/aromatic N) is 4. The summed E-state index contributed by atoms with van der Waals surface area (Å²) in [6.45, 7) is 4.23. The van der Waals surface area contributed by atoms with E-state index in [2.05, 4.69) is 21.5 Å². The van der Waals surface area contributed by atoms with Gasteiger partial charge in [-0.3, -0.25) is 9.78 Å². The van der Waals surface area contributed by atoms with Gasteiger partial charge in [-0.15, -0.1) is 0 Å². The lowest BCUT2D eigenvalue weighted by Crippen LogP contribution is -2.51. The third kappa shape index (κ3) is 2.66. The number of aromatic nitrogens is 3. The van der Waals surface area contributed by atoms with Gasteiger partial charge in [-0.2, -0.15) is 0 Å². The number of aryl methyl sites for hydroxylation is 1. The third-order valence-corrected chi connectivity index (χ3v) is 3.82. The van der Waals surface area contributed by atoms with Gasteiger partial charge in [0.1, 0.15) is 5.82 Å². The van der Waals surface area contributed by atoms with Crippen molar-refractivity contribution in [3.8, 4) is 0 Å². The van der Waals surface area contributed by atoms with Gasteiger partial charge in [-0.25, -0.2) is 9.37 Å². The molecule has 110 valence electrons. The molecule has 3 heterocycles. The molecule has 1 saturated heterocycles. The zero-order valence-corrected chi connectivity index (χ0v) is 11.9. The maximum absolute atomic E-state index is 13.5. The molecule has 0 spiro atoms. The molecule has 0 bridgehead atoms. The zero-order valence-electron chi connectivity index (χ0n) is 11.9. The number of pyridine rings is 1. The number of hydrogen-bond acceptors (Lipinski definition) is 3. The van der Waals surface area contributed by atoms with Gasteiger partial charge in [0, 0.05) is 50.6 Å². The van der Waals surface area contributed by atoms with Crippen molar-refractivity contribution in [2.45, 2.75) is 19.9 Å². The molecule has 5 nitrogen and oxygen atoms in total. The lowest BCUT2D eigenvalue weighted by atomic mass is 9.98. The Kier molecular flexibility index (Phi) is 3.68. The van der Waals surface area contributed by atoms with Crippen molar-refractivity contribution in [3.05, 3.63) is 48.1 Å². The van der Waals surface area contributed by atoms with E-state index in [0.29, 0.717) is 19.0 Å². The minimum Gasteiger partial charge on any atom is -0.338 e. The maximum Gasteiger partial charge on any atom is 0.256 e. The largest absolute Gasteiger partial charge is 0.338 e. The first-order valence-corrected chi connectivity index (χ1v) is 7.07. The molecule has 0 saturated carbocycles. The predicted molar refractivity (Wildman–Crippen MR) is 75.2 cm³/mol. The molecule has 21 heavy (non-hydrogen) atoms. The summed E-state index contributed by atoms with van der Waals surface area (Å²) in [5.74, 6) is 0.639. The number of hydrogen-bond donors (Lipinski definition) is 0. The summed E-state index contributed by atoms with van der Waals surface area (Å²) in [6, 6.07) is 1.43. The summed E-state index contributed by atoms with van der Waals surface area (Å²) < 4.78 is 15.7. The SMILES string of the molecule is CCc1nccn1CC1CN(C(=O)c2ccncc2F)C1. The van der Waals surface area contributed by atoms with Gasteiger partial charge in [0.05, 0.1) is 11.8 Å². The Hall–Kier alpha value is -2.24. The molecule has 2 aromatic rings.